The SMILES string of the molecule is Cc1cc2c3ccc(CC(C)(C)C)cc3n3c4cc(-c5nc(C(C)(C)C)nc(C(C)(C)C)n5)cc5cc[n+](C)c(c(c1C)c23)c54. The Labute approximate surface area is 266 Å². The van der Waals surface area contributed by atoms with Crippen LogP contribution in [0.3, 0.4) is 0 Å². The number of pyridine rings is 2. The number of benzene rings is 3. The van der Waals surface area contributed by atoms with Crippen LogP contribution in [-0.4, -0.2) is 19.4 Å². The molecule has 5 heteroatoms. The second-order valence-electron chi connectivity index (χ2n) is 16.6. The van der Waals surface area contributed by atoms with Crippen LogP contribution >= 0.6 is 0 Å². The molecule has 4 aromatic heterocycles. The zero-order valence-electron chi connectivity index (χ0n) is 29.1. The van der Waals surface area contributed by atoms with E-state index in [1.807, 2.05) is 0 Å². The molecule has 0 aliphatic rings. The van der Waals surface area contributed by atoms with Gasteiger partial charge in [-0.15, -0.1) is 0 Å². The van der Waals surface area contributed by atoms with Gasteiger partial charge in [0, 0.05) is 33.2 Å². The second-order valence-corrected chi connectivity index (χ2v) is 16.6. The molecule has 0 fully saturated rings. The molecule has 5 nitrogen and oxygen atoms in total. The van der Waals surface area contributed by atoms with Crippen LogP contribution in [0, 0.1) is 19.3 Å². The summed E-state index contributed by atoms with van der Waals surface area (Å²) < 4.78 is 4.84. The van der Waals surface area contributed by atoms with Crippen molar-refractivity contribution in [2.75, 3.05) is 0 Å². The predicted octanol–water partition coefficient (Wildman–Crippen LogP) is 9.47. The third-order valence-corrected chi connectivity index (χ3v) is 9.30. The zero-order valence-corrected chi connectivity index (χ0v) is 29.1. The highest BCUT2D eigenvalue weighted by molar-refractivity contribution is 6.26. The van der Waals surface area contributed by atoms with Crippen LogP contribution in [-0.2, 0) is 24.3 Å². The Balaban J connectivity index is 1.69. The molecule has 0 aliphatic heterocycles. The molecule has 7 aromatic rings. The summed E-state index contributed by atoms with van der Waals surface area (Å²) in [5, 5.41) is 6.40. The van der Waals surface area contributed by atoms with Gasteiger partial charge in [-0.25, -0.2) is 19.5 Å². The topological polar surface area (TPSA) is 47.0 Å². The van der Waals surface area contributed by atoms with Gasteiger partial charge in [-0.1, -0.05) is 74.4 Å². The molecular weight excluding hydrogens is 550 g/mol. The lowest BCUT2D eigenvalue weighted by Gasteiger charge is -2.23. The van der Waals surface area contributed by atoms with Crippen molar-refractivity contribution >= 4 is 49.0 Å². The number of rotatable bonds is 2. The number of nitrogens with zero attached hydrogens (tertiary/aromatic N) is 5. The van der Waals surface area contributed by atoms with Crippen LogP contribution in [0.5, 0.6) is 0 Å². The average Bonchev–Trinajstić information content (AvgIpc) is 3.25. The van der Waals surface area contributed by atoms with Crippen molar-refractivity contribution in [3.8, 4) is 11.4 Å². The Bertz CT molecular complexity index is 2290. The fraction of sp³-hybridized carbons (Fsp3) is 0.400. The summed E-state index contributed by atoms with van der Waals surface area (Å²) in [5.74, 6) is 2.38. The van der Waals surface area contributed by atoms with E-state index in [2.05, 4.69) is 141 Å². The maximum Gasteiger partial charge on any atom is 0.224 e. The van der Waals surface area contributed by atoms with Crippen molar-refractivity contribution in [1.29, 1.82) is 0 Å². The van der Waals surface area contributed by atoms with E-state index < -0.39 is 0 Å². The number of aryl methyl sites for hydroxylation is 3. The molecule has 0 aliphatic carbocycles. The molecule has 0 unspecified atom stereocenters. The fourth-order valence-corrected chi connectivity index (χ4v) is 6.98. The molecule has 0 atom stereocenters. The largest absolute Gasteiger partial charge is 0.307 e. The van der Waals surface area contributed by atoms with Crippen LogP contribution in [0.25, 0.3) is 60.4 Å². The first kappa shape index (κ1) is 29.6. The second kappa shape index (κ2) is 9.45. The average molecular weight is 597 g/mol. The quantitative estimate of drug-likeness (QED) is 0.113. The molecule has 230 valence electrons. The number of fused-ring (bicyclic) bond motifs is 5. The normalized spacial score (nSPS) is 13.4. The van der Waals surface area contributed by atoms with E-state index in [4.69, 9.17) is 15.0 Å². The van der Waals surface area contributed by atoms with E-state index in [9.17, 15) is 0 Å². The highest BCUT2D eigenvalue weighted by atomic mass is 15.1. The highest BCUT2D eigenvalue weighted by Crippen LogP contribution is 2.43. The van der Waals surface area contributed by atoms with E-state index in [0.717, 1.165) is 29.5 Å². The van der Waals surface area contributed by atoms with Crippen molar-refractivity contribution < 1.29 is 4.57 Å². The van der Waals surface area contributed by atoms with Gasteiger partial charge < -0.3 is 4.40 Å². The Kier molecular flexibility index (Phi) is 6.21. The van der Waals surface area contributed by atoms with Crippen LogP contribution in [0.15, 0.2) is 48.7 Å². The molecule has 0 radical (unpaired) electrons. The van der Waals surface area contributed by atoms with Gasteiger partial charge in [-0.2, -0.15) is 0 Å². The van der Waals surface area contributed by atoms with Crippen molar-refractivity contribution in [2.24, 2.45) is 12.5 Å². The summed E-state index contributed by atoms with van der Waals surface area (Å²) in [4.78, 5) is 15.2. The molecule has 0 saturated heterocycles. The zero-order chi connectivity index (χ0) is 32.4. The van der Waals surface area contributed by atoms with Crippen LogP contribution in [0.4, 0.5) is 0 Å². The molecular formula is C40H46N5+. The lowest BCUT2D eigenvalue weighted by molar-refractivity contribution is -0.643. The van der Waals surface area contributed by atoms with Crippen LogP contribution in [0.1, 0.15) is 90.7 Å². The summed E-state index contributed by atoms with van der Waals surface area (Å²) in [6.45, 7) is 24.5. The van der Waals surface area contributed by atoms with E-state index in [1.165, 1.54) is 65.7 Å². The van der Waals surface area contributed by atoms with Gasteiger partial charge in [0.2, 0.25) is 5.52 Å². The van der Waals surface area contributed by atoms with Crippen LogP contribution in [0.2, 0.25) is 0 Å². The van der Waals surface area contributed by atoms with Gasteiger partial charge in [0.15, 0.2) is 12.0 Å². The molecule has 45 heavy (non-hydrogen) atoms. The summed E-state index contributed by atoms with van der Waals surface area (Å²) in [6.07, 6.45) is 3.22. The van der Waals surface area contributed by atoms with E-state index >= 15 is 0 Å². The van der Waals surface area contributed by atoms with Crippen molar-refractivity contribution in [3.63, 3.8) is 0 Å². The van der Waals surface area contributed by atoms with E-state index in [1.54, 1.807) is 0 Å². The highest BCUT2D eigenvalue weighted by Gasteiger charge is 2.28. The number of aromatic nitrogens is 5. The summed E-state index contributed by atoms with van der Waals surface area (Å²) >= 11 is 0. The van der Waals surface area contributed by atoms with Gasteiger partial charge in [-0.05, 0) is 72.0 Å². The molecule has 7 rings (SSSR count). The molecule has 0 amide bonds. The van der Waals surface area contributed by atoms with Crippen LogP contribution < -0.4 is 4.57 Å². The minimum Gasteiger partial charge on any atom is -0.307 e. The lowest BCUT2D eigenvalue weighted by Crippen LogP contribution is -2.29. The van der Waals surface area contributed by atoms with Gasteiger partial charge in [0.05, 0.1) is 27.3 Å². The summed E-state index contributed by atoms with van der Waals surface area (Å²) in [7, 11) is 2.18. The van der Waals surface area contributed by atoms with Crippen molar-refractivity contribution in [3.05, 3.63) is 77.0 Å². The van der Waals surface area contributed by atoms with E-state index in [0.29, 0.717) is 0 Å². The summed E-state index contributed by atoms with van der Waals surface area (Å²) in [5.41, 5.74) is 9.83. The number of hydrogen-bond acceptors (Lipinski definition) is 3. The van der Waals surface area contributed by atoms with Gasteiger partial charge in [0.1, 0.15) is 18.7 Å². The predicted molar refractivity (Wildman–Crippen MR) is 189 cm³/mol. The third-order valence-electron chi connectivity index (χ3n) is 9.30. The summed E-state index contributed by atoms with van der Waals surface area (Å²) in [6, 6.07) is 16.3. The standard InChI is InChI=1S/C40H46N5/c1-22-17-28-27-14-13-24(21-38(3,4)5)18-29(27)45-30-20-26(35-41-36(39(6,7)8)43-37(42-35)40(9,10)11)19-25-15-16-44(12)34(32(25)30)31(23(22)2)33(28)45/h13-20H,21H2,1-12H3/q+1. The smallest absolute Gasteiger partial charge is 0.224 e. The lowest BCUT2D eigenvalue weighted by atomic mass is 9.88. The van der Waals surface area contributed by atoms with Gasteiger partial charge >= 0.3 is 0 Å². The first-order valence-electron chi connectivity index (χ1n) is 16.2. The Morgan fingerprint density at radius 3 is 2.00 bits per heavy atom. The van der Waals surface area contributed by atoms with Gasteiger partial charge in [-0.3, -0.25) is 0 Å². The first-order chi connectivity index (χ1) is 20.9. The minimum atomic E-state index is -0.204. The number of hydrogen-bond donors (Lipinski definition) is 0. The monoisotopic (exact) mass is 596 g/mol. The molecule has 0 spiro atoms. The molecule has 0 saturated carbocycles. The minimum absolute atomic E-state index is 0.196. The fourth-order valence-electron chi connectivity index (χ4n) is 6.98. The van der Waals surface area contributed by atoms with E-state index in [-0.39, 0.29) is 16.2 Å². The Hall–Kier alpha value is -4.12. The third kappa shape index (κ3) is 4.65. The molecule has 0 N–H and O–H groups in total. The first-order valence-corrected chi connectivity index (χ1v) is 16.2. The molecule has 4 heterocycles. The maximum absolute atomic E-state index is 5.12. The Morgan fingerprint density at radius 2 is 1.38 bits per heavy atom. The van der Waals surface area contributed by atoms with Gasteiger partial charge in [0.25, 0.3) is 0 Å². The Morgan fingerprint density at radius 1 is 0.711 bits per heavy atom. The van der Waals surface area contributed by atoms with Crippen molar-refractivity contribution in [1.82, 2.24) is 19.4 Å². The molecule has 3 aromatic carbocycles. The molecule has 0 bridgehead atoms. The van der Waals surface area contributed by atoms with Crippen molar-refractivity contribution in [2.45, 2.75) is 93.4 Å². The maximum atomic E-state index is 5.12.